The summed E-state index contributed by atoms with van der Waals surface area (Å²) in [6.45, 7) is 18.7. The van der Waals surface area contributed by atoms with Crippen molar-refractivity contribution < 1.29 is 43.0 Å². The molecule has 8 aromatic carbocycles. The zero-order chi connectivity index (χ0) is 83.0. The Labute approximate surface area is 731 Å². The fraction of sp³-hybridized carbons (Fsp3) is 0.438. The number of hydrogen-bond acceptors (Lipinski definition) is 15. The lowest BCUT2D eigenvalue weighted by molar-refractivity contribution is -0.134. The molecule has 0 unspecified atom stereocenters. The van der Waals surface area contributed by atoms with Crippen LogP contribution in [0.2, 0.25) is 40.2 Å². The quantitative estimate of drug-likeness (QED) is 0.0297. The van der Waals surface area contributed by atoms with E-state index in [1.165, 1.54) is 5.56 Å². The van der Waals surface area contributed by atoms with E-state index in [0.717, 1.165) is 124 Å². The number of morpholine rings is 3. The maximum Gasteiger partial charge on any atom is 0.251 e. The van der Waals surface area contributed by atoms with Crippen molar-refractivity contribution in [3.63, 3.8) is 0 Å². The molecule has 6 N–H and O–H groups in total. The van der Waals surface area contributed by atoms with Gasteiger partial charge in [0, 0.05) is 189 Å². The highest BCUT2D eigenvalue weighted by Gasteiger charge is 2.36. The van der Waals surface area contributed by atoms with E-state index in [1.807, 2.05) is 107 Å². The van der Waals surface area contributed by atoms with Crippen molar-refractivity contribution >= 4 is 150 Å². The van der Waals surface area contributed by atoms with E-state index in [0.29, 0.717) is 174 Å². The predicted molar refractivity (Wildman–Crippen MR) is 473 cm³/mol. The van der Waals surface area contributed by atoms with Gasteiger partial charge < -0.3 is 60.8 Å². The molecule has 6 amide bonds. The normalized spacial score (nSPS) is 20.9. The lowest BCUT2D eigenvalue weighted by Gasteiger charge is -2.31. The molecule has 6 saturated heterocycles. The molecule has 0 saturated carbocycles. The number of nitrogens with one attached hydrogen (secondary N) is 6. The Morgan fingerprint density at radius 2 is 0.737 bits per heavy atom. The number of fused-ring (bicyclic) bond motifs is 2. The van der Waals surface area contributed by atoms with Crippen molar-refractivity contribution in [1.82, 2.24) is 61.3 Å². The van der Waals surface area contributed by atoms with Gasteiger partial charge in [-0.3, -0.25) is 43.5 Å². The number of ether oxygens (including phenoxy) is 3. The monoisotopic (exact) mass is 1760 g/mol. The Bertz CT molecular complexity index is 4670. The van der Waals surface area contributed by atoms with Gasteiger partial charge in [-0.2, -0.15) is 0 Å². The smallest absolute Gasteiger partial charge is 0.251 e. The molecular weight excluding hydrogens is 1660 g/mol. The van der Waals surface area contributed by atoms with Gasteiger partial charge in [-0.25, -0.2) is 0 Å². The number of benzene rings is 8. The lowest BCUT2D eigenvalue weighted by Crippen LogP contribution is -2.50. The highest BCUT2D eigenvalue weighted by Crippen LogP contribution is 2.29. The molecule has 8 aromatic rings. The van der Waals surface area contributed by atoms with Gasteiger partial charge in [-0.15, -0.1) is 0 Å². The first-order valence-electron chi connectivity index (χ1n) is 40.8. The van der Waals surface area contributed by atoms with Crippen LogP contribution in [0.4, 0.5) is 0 Å². The number of rotatable bonds is 26. The zero-order valence-electron chi connectivity index (χ0n) is 66.4. The van der Waals surface area contributed by atoms with Crippen molar-refractivity contribution in [1.29, 1.82) is 0 Å². The number of halogens is 8. The zero-order valence-corrected chi connectivity index (χ0v) is 72.4. The Morgan fingerprint density at radius 1 is 0.390 bits per heavy atom. The molecule has 0 aliphatic carbocycles. The standard InChI is InChI=1S/C33H41ClN4O3.C30H33Cl3N4O3.C26H30Cl4N4O3/c1-2-24(25-6-4-3-5-7-25)23-38-15-12-30(36-31(33(38)40)13-14-37-16-18-41-19-17-37)22-35-32(39)28-9-8-27-21-29(34)11-10-26(27)20-28;31-24-4-3-21-15-23(2-1-22(21)16-24)29(38)34-18-27-5-8-37(19-20-13-25(32)17-26(33)14-20)30(39)28(35-27)6-7-36-9-11-40-12-10-36;27-19-11-17(12-20(28)14-19)16-34-6-3-21(15-31-25(35)18-1-2-22(29)23(30)13-18)32-24(26(34)36)4-5-33-7-9-37-10-8-33/h3-11,20-21,24,30-31,36H,2,12-19,22-23H2,1H3,(H,35,39);1-4,13-17,27-28,35H,5-12,18-19H2,(H,34,38);1-2,11-14,21,24,32H,3-10,15-16H2,(H,31,35)/t24-,30+,31+;27-,28-;21-,24-/m100/s1. The van der Waals surface area contributed by atoms with Crippen LogP contribution in [0.5, 0.6) is 0 Å². The van der Waals surface area contributed by atoms with E-state index in [2.05, 4.69) is 82.7 Å². The SMILES string of the molecule is CC[C@H](CN1CC[C@@H](CNC(=O)c2ccc3cc(Cl)ccc3c2)N[C@@H](CCN2CCOCC2)C1=O)c1ccccc1.O=C(NC[C@@H]1CCN(Cc2cc(Cl)cc(Cl)c2)C(=O)[C@H](CCN2CCOCC2)N1)c1ccc(Cl)c(Cl)c1.O=C(NC[C@@H]1CCN(Cc2cc(Cl)cc(Cl)c2)C(=O)[C@H](CCN2CCOCC2)N1)c1ccc2cc(Cl)ccc2c1. The molecular formula is C89H104Cl8N12O9. The first-order valence-corrected chi connectivity index (χ1v) is 43.8. The van der Waals surface area contributed by atoms with Gasteiger partial charge in [0.2, 0.25) is 17.7 Å². The molecule has 21 nitrogen and oxygen atoms in total. The van der Waals surface area contributed by atoms with E-state index in [1.54, 1.807) is 36.4 Å². The molecule has 7 atom stereocenters. The molecule has 6 fully saturated rings. The second-order valence-electron chi connectivity index (χ2n) is 30.9. The van der Waals surface area contributed by atoms with Gasteiger partial charge in [0.15, 0.2) is 0 Å². The molecule has 6 aliphatic rings. The van der Waals surface area contributed by atoms with Gasteiger partial charge in [-0.1, -0.05) is 154 Å². The summed E-state index contributed by atoms with van der Waals surface area (Å²) in [5, 5.41) is 28.0. The van der Waals surface area contributed by atoms with Crippen molar-refractivity contribution in [3.05, 3.63) is 231 Å². The van der Waals surface area contributed by atoms with Gasteiger partial charge in [0.05, 0.1) is 67.8 Å². The second kappa shape index (κ2) is 45.3. The second-order valence-corrected chi connectivity index (χ2v) is 34.3. The number of carbonyl (C=O) groups excluding carboxylic acids is 6. The minimum Gasteiger partial charge on any atom is -0.379 e. The molecule has 29 heteroatoms. The molecule has 0 spiro atoms. The predicted octanol–water partition coefficient (Wildman–Crippen LogP) is 14.2. The minimum atomic E-state index is -0.383. The summed E-state index contributed by atoms with van der Waals surface area (Å²) < 4.78 is 16.4. The Balaban J connectivity index is 0.000000163. The largest absolute Gasteiger partial charge is 0.379 e. The van der Waals surface area contributed by atoms with Crippen molar-refractivity contribution in [2.24, 2.45) is 0 Å². The first kappa shape index (κ1) is 90.3. The average Bonchev–Trinajstić information content (AvgIpc) is 0.891. The molecule has 14 rings (SSSR count). The summed E-state index contributed by atoms with van der Waals surface area (Å²) in [5.74, 6) is 0.0228. The van der Waals surface area contributed by atoms with Crippen molar-refractivity contribution in [3.8, 4) is 0 Å². The Morgan fingerprint density at radius 3 is 1.12 bits per heavy atom. The van der Waals surface area contributed by atoms with Gasteiger partial charge >= 0.3 is 0 Å². The molecule has 630 valence electrons. The maximum absolute atomic E-state index is 13.9. The van der Waals surface area contributed by atoms with Crippen LogP contribution in [0, 0.1) is 0 Å². The van der Waals surface area contributed by atoms with E-state index >= 15 is 0 Å². The molecule has 118 heavy (non-hydrogen) atoms. The summed E-state index contributed by atoms with van der Waals surface area (Å²) >= 11 is 49.1. The maximum atomic E-state index is 13.9. The summed E-state index contributed by atoms with van der Waals surface area (Å²) in [6.07, 6.45) is 5.18. The van der Waals surface area contributed by atoms with Gasteiger partial charge in [-0.05, 0) is 186 Å². The van der Waals surface area contributed by atoms with Gasteiger partial charge in [0.1, 0.15) is 0 Å². The van der Waals surface area contributed by atoms with Crippen LogP contribution in [0.25, 0.3) is 21.5 Å². The fourth-order valence-electron chi connectivity index (χ4n) is 15.9. The number of hydrogen-bond donors (Lipinski definition) is 6. The number of nitrogens with zero attached hydrogens (tertiary/aromatic N) is 6. The molecule has 0 aromatic heterocycles. The van der Waals surface area contributed by atoms with E-state index in [4.69, 9.17) is 107 Å². The Kier molecular flexibility index (Phi) is 34.6. The van der Waals surface area contributed by atoms with Crippen LogP contribution in [-0.2, 0) is 41.7 Å². The van der Waals surface area contributed by atoms with Crippen LogP contribution < -0.4 is 31.9 Å². The highest BCUT2D eigenvalue weighted by molar-refractivity contribution is 6.42. The van der Waals surface area contributed by atoms with E-state index in [9.17, 15) is 28.8 Å². The van der Waals surface area contributed by atoms with Crippen LogP contribution in [0.15, 0.2) is 158 Å². The first-order chi connectivity index (χ1) is 57.1. The number of carbonyl (C=O) groups is 6. The summed E-state index contributed by atoms with van der Waals surface area (Å²) in [7, 11) is 0. The topological polar surface area (TPSA) is 222 Å². The molecule has 6 heterocycles. The van der Waals surface area contributed by atoms with Crippen molar-refractivity contribution in [2.45, 2.75) is 107 Å². The highest BCUT2D eigenvalue weighted by atomic mass is 35.5. The minimum absolute atomic E-state index is 0.00125. The molecule has 0 radical (unpaired) electrons. The molecule has 0 bridgehead atoms. The van der Waals surface area contributed by atoms with Crippen LogP contribution in [-0.4, -0.2) is 245 Å². The number of amides is 6. The van der Waals surface area contributed by atoms with E-state index < -0.39 is 0 Å². The van der Waals surface area contributed by atoms with Crippen LogP contribution in [0.3, 0.4) is 0 Å². The molecule has 6 aliphatic heterocycles. The van der Waals surface area contributed by atoms with Gasteiger partial charge in [0.25, 0.3) is 17.7 Å². The van der Waals surface area contributed by atoms with Crippen molar-refractivity contribution in [2.75, 3.05) is 144 Å². The third kappa shape index (κ3) is 27.0. The summed E-state index contributed by atoms with van der Waals surface area (Å²) in [6, 6.07) is 47.3. The third-order valence-corrected chi connectivity index (χ3v) is 24.6. The third-order valence-electron chi connectivity index (χ3n) is 22.5. The fourth-order valence-corrected chi connectivity index (χ4v) is 17.7. The average molecular weight is 1770 g/mol. The van der Waals surface area contributed by atoms with E-state index in [-0.39, 0.29) is 71.7 Å². The summed E-state index contributed by atoms with van der Waals surface area (Å²) in [5.41, 5.74) is 4.67. The van der Waals surface area contributed by atoms with Crippen LogP contribution >= 0.6 is 92.8 Å². The lowest BCUT2D eigenvalue weighted by atomic mass is 9.95. The Hall–Kier alpha value is -6.94. The summed E-state index contributed by atoms with van der Waals surface area (Å²) in [4.78, 5) is 92.8. The van der Waals surface area contributed by atoms with Crippen LogP contribution in [0.1, 0.15) is 106 Å².